The minimum Gasteiger partial charge on any atom is -0.334 e. The first kappa shape index (κ1) is 17.3. The molecular weight excluding hydrogens is 332 g/mol. The zero-order chi connectivity index (χ0) is 18.5. The number of nitro groups is 1. The Hall–Kier alpha value is -3.48. The molecule has 2 aromatic heterocycles. The highest BCUT2D eigenvalue weighted by Crippen LogP contribution is 2.14. The van der Waals surface area contributed by atoms with Crippen LogP contribution in [0.1, 0.15) is 18.2 Å². The van der Waals surface area contributed by atoms with Crippen molar-refractivity contribution in [3.05, 3.63) is 82.3 Å². The number of non-ortho nitro benzene ring substituents is 1. The molecule has 2 heterocycles. The maximum absolute atomic E-state index is 12.5. The molecular formula is C19H18N4O3. The number of aromatic nitrogens is 2. The van der Waals surface area contributed by atoms with Gasteiger partial charge < -0.3 is 9.30 Å². The second-order valence-electron chi connectivity index (χ2n) is 5.71. The number of nitrogens with zero attached hydrogens (tertiary/aromatic N) is 4. The van der Waals surface area contributed by atoms with Crippen LogP contribution in [0.4, 0.5) is 5.69 Å². The van der Waals surface area contributed by atoms with Gasteiger partial charge in [-0.05, 0) is 42.8 Å². The fourth-order valence-corrected chi connectivity index (χ4v) is 2.62. The van der Waals surface area contributed by atoms with Gasteiger partial charge in [-0.25, -0.2) is 4.98 Å². The Morgan fingerprint density at radius 3 is 2.73 bits per heavy atom. The molecule has 7 nitrogen and oxygen atoms in total. The molecule has 3 aromatic rings. The summed E-state index contributed by atoms with van der Waals surface area (Å²) in [4.78, 5) is 28.7. The number of hydrogen-bond donors (Lipinski definition) is 0. The summed E-state index contributed by atoms with van der Waals surface area (Å²) in [5.74, 6) is -0.128. The Bertz CT molecular complexity index is 960. The summed E-state index contributed by atoms with van der Waals surface area (Å²) in [6.07, 6.45) is 6.82. The Kier molecular flexibility index (Phi) is 5.07. The lowest BCUT2D eigenvalue weighted by atomic mass is 10.2. The zero-order valence-electron chi connectivity index (χ0n) is 14.3. The minimum absolute atomic E-state index is 0.0243. The molecule has 1 aromatic carbocycles. The molecule has 0 aliphatic carbocycles. The smallest absolute Gasteiger partial charge is 0.269 e. The lowest BCUT2D eigenvalue weighted by Crippen LogP contribution is -2.29. The molecule has 0 saturated carbocycles. The van der Waals surface area contributed by atoms with E-state index >= 15 is 0 Å². The highest BCUT2D eigenvalue weighted by Gasteiger charge is 2.12. The van der Waals surface area contributed by atoms with Gasteiger partial charge in [0.05, 0.1) is 23.4 Å². The van der Waals surface area contributed by atoms with Gasteiger partial charge in [-0.15, -0.1) is 0 Å². The van der Waals surface area contributed by atoms with Gasteiger partial charge in [0.1, 0.15) is 5.65 Å². The van der Waals surface area contributed by atoms with E-state index in [-0.39, 0.29) is 11.6 Å². The van der Waals surface area contributed by atoms with E-state index in [0.717, 1.165) is 16.9 Å². The van der Waals surface area contributed by atoms with E-state index in [9.17, 15) is 14.9 Å². The highest BCUT2D eigenvalue weighted by molar-refractivity contribution is 5.91. The average molecular weight is 350 g/mol. The Labute approximate surface area is 150 Å². The summed E-state index contributed by atoms with van der Waals surface area (Å²) in [5, 5.41) is 10.7. The van der Waals surface area contributed by atoms with Gasteiger partial charge in [-0.3, -0.25) is 14.9 Å². The number of benzene rings is 1. The maximum atomic E-state index is 12.5. The molecule has 1 amide bonds. The van der Waals surface area contributed by atoms with Crippen molar-refractivity contribution in [2.24, 2.45) is 0 Å². The van der Waals surface area contributed by atoms with Crippen LogP contribution in [0.2, 0.25) is 0 Å². The van der Waals surface area contributed by atoms with Gasteiger partial charge in [0.15, 0.2) is 0 Å². The molecule has 0 bridgehead atoms. The molecule has 132 valence electrons. The van der Waals surface area contributed by atoms with Crippen LogP contribution in [0.25, 0.3) is 11.7 Å². The lowest BCUT2D eigenvalue weighted by molar-refractivity contribution is -0.384. The normalized spacial score (nSPS) is 11.1. The number of carbonyl (C=O) groups excluding carboxylic acids is 1. The van der Waals surface area contributed by atoms with Crippen LogP contribution in [-0.4, -0.2) is 31.7 Å². The molecule has 3 rings (SSSR count). The average Bonchev–Trinajstić information content (AvgIpc) is 3.07. The Morgan fingerprint density at radius 2 is 2.04 bits per heavy atom. The third kappa shape index (κ3) is 3.77. The largest absolute Gasteiger partial charge is 0.334 e. The van der Waals surface area contributed by atoms with Gasteiger partial charge in [0.2, 0.25) is 5.91 Å². The number of hydrogen-bond acceptors (Lipinski definition) is 4. The zero-order valence-corrected chi connectivity index (χ0v) is 14.3. The molecule has 0 fully saturated rings. The second-order valence-corrected chi connectivity index (χ2v) is 5.71. The topological polar surface area (TPSA) is 80.8 Å². The quantitative estimate of drug-likeness (QED) is 0.388. The number of likely N-dealkylation sites (N-methyl/N-ethyl adjacent to an activating group) is 1. The first-order valence-electron chi connectivity index (χ1n) is 8.21. The Morgan fingerprint density at radius 1 is 1.27 bits per heavy atom. The fourth-order valence-electron chi connectivity index (χ4n) is 2.62. The van der Waals surface area contributed by atoms with E-state index in [4.69, 9.17) is 0 Å². The summed E-state index contributed by atoms with van der Waals surface area (Å²) in [6.45, 7) is 2.93. The van der Waals surface area contributed by atoms with Crippen LogP contribution < -0.4 is 0 Å². The number of fused-ring (bicyclic) bond motifs is 1. The van der Waals surface area contributed by atoms with E-state index in [0.29, 0.717) is 13.1 Å². The summed E-state index contributed by atoms with van der Waals surface area (Å²) < 4.78 is 1.95. The van der Waals surface area contributed by atoms with Crippen LogP contribution >= 0.6 is 0 Å². The first-order chi connectivity index (χ1) is 12.6. The summed E-state index contributed by atoms with van der Waals surface area (Å²) in [6, 6.07) is 11.8. The van der Waals surface area contributed by atoms with Crippen molar-refractivity contribution in [2.45, 2.75) is 13.5 Å². The van der Waals surface area contributed by atoms with Crippen molar-refractivity contribution in [2.75, 3.05) is 6.54 Å². The molecule has 0 unspecified atom stereocenters. The summed E-state index contributed by atoms with van der Waals surface area (Å²) in [5.41, 5.74) is 2.53. The van der Waals surface area contributed by atoms with E-state index < -0.39 is 4.92 Å². The predicted molar refractivity (Wildman–Crippen MR) is 98.4 cm³/mol. The van der Waals surface area contributed by atoms with Crippen LogP contribution in [0.3, 0.4) is 0 Å². The van der Waals surface area contributed by atoms with Crippen LogP contribution in [0, 0.1) is 10.1 Å². The maximum Gasteiger partial charge on any atom is 0.269 e. The summed E-state index contributed by atoms with van der Waals surface area (Å²) >= 11 is 0. The number of imidazole rings is 1. The number of pyridine rings is 1. The molecule has 0 saturated heterocycles. The van der Waals surface area contributed by atoms with E-state index in [1.54, 1.807) is 29.3 Å². The van der Waals surface area contributed by atoms with Crippen molar-refractivity contribution in [3.8, 4) is 0 Å². The van der Waals surface area contributed by atoms with Crippen LogP contribution in [0.15, 0.2) is 60.9 Å². The lowest BCUT2D eigenvalue weighted by Gasteiger charge is -2.18. The van der Waals surface area contributed by atoms with Crippen LogP contribution in [-0.2, 0) is 11.3 Å². The van der Waals surface area contributed by atoms with Crippen molar-refractivity contribution in [1.82, 2.24) is 14.3 Å². The summed E-state index contributed by atoms with van der Waals surface area (Å²) in [7, 11) is 0. The number of amides is 1. The molecule has 26 heavy (non-hydrogen) atoms. The standard InChI is InChI=1S/C19H18N4O3/c1-2-21(14-17-13-20-18-5-3-4-12-22(17)18)19(24)11-8-15-6-9-16(10-7-15)23(25)26/h3-13H,2,14H2,1H3. The van der Waals surface area contributed by atoms with E-state index in [1.165, 1.54) is 18.2 Å². The van der Waals surface area contributed by atoms with Gasteiger partial charge in [-0.2, -0.15) is 0 Å². The first-order valence-corrected chi connectivity index (χ1v) is 8.21. The Balaban J connectivity index is 1.71. The fraction of sp³-hybridized carbons (Fsp3) is 0.158. The van der Waals surface area contributed by atoms with E-state index in [2.05, 4.69) is 4.98 Å². The molecule has 0 radical (unpaired) electrons. The van der Waals surface area contributed by atoms with Crippen molar-refractivity contribution in [1.29, 1.82) is 0 Å². The second kappa shape index (κ2) is 7.60. The monoisotopic (exact) mass is 350 g/mol. The highest BCUT2D eigenvalue weighted by atomic mass is 16.6. The van der Waals surface area contributed by atoms with Gasteiger partial charge in [-0.1, -0.05) is 6.07 Å². The van der Waals surface area contributed by atoms with Gasteiger partial charge >= 0.3 is 0 Å². The number of rotatable bonds is 6. The SMILES string of the molecule is CCN(Cc1cnc2ccccn12)C(=O)C=Cc1ccc([N+](=O)[O-])cc1. The molecule has 0 aliphatic heterocycles. The third-order valence-corrected chi connectivity index (χ3v) is 4.06. The van der Waals surface area contributed by atoms with E-state index in [1.807, 2.05) is 35.7 Å². The third-order valence-electron chi connectivity index (χ3n) is 4.06. The van der Waals surface area contributed by atoms with Crippen molar-refractivity contribution in [3.63, 3.8) is 0 Å². The number of carbonyl (C=O) groups is 1. The molecule has 0 N–H and O–H groups in total. The molecule has 0 atom stereocenters. The molecule has 0 aliphatic rings. The van der Waals surface area contributed by atoms with Gasteiger partial charge in [0, 0.05) is 31.0 Å². The molecule has 7 heteroatoms. The van der Waals surface area contributed by atoms with Crippen molar-refractivity contribution >= 4 is 23.3 Å². The van der Waals surface area contributed by atoms with Gasteiger partial charge in [0.25, 0.3) is 5.69 Å². The predicted octanol–water partition coefficient (Wildman–Crippen LogP) is 3.30. The van der Waals surface area contributed by atoms with Crippen molar-refractivity contribution < 1.29 is 9.72 Å². The molecule has 0 spiro atoms. The van der Waals surface area contributed by atoms with Crippen LogP contribution in [0.5, 0.6) is 0 Å². The minimum atomic E-state index is -0.451. The number of nitro benzene ring substituents is 1.